The zero-order valence-electron chi connectivity index (χ0n) is 10.3. The van der Waals surface area contributed by atoms with Crippen LogP contribution in [0.4, 0.5) is 11.4 Å². The van der Waals surface area contributed by atoms with Crippen LogP contribution in [0.25, 0.3) is 0 Å². The molecule has 0 saturated heterocycles. The molecule has 0 heterocycles. The van der Waals surface area contributed by atoms with Crippen molar-refractivity contribution in [2.75, 3.05) is 11.1 Å². The van der Waals surface area contributed by atoms with E-state index in [2.05, 4.69) is 21.2 Å². The number of nitrogens with two attached hydrogens (primary N) is 1. The largest absolute Gasteiger partial charge is 0.508 e. The van der Waals surface area contributed by atoms with Crippen molar-refractivity contribution >= 4 is 33.2 Å². The fraction of sp³-hybridized carbons (Fsp3) is 0.0714. The maximum Gasteiger partial charge on any atom is 0.255 e. The van der Waals surface area contributed by atoms with Gasteiger partial charge in [-0.25, -0.2) is 0 Å². The molecule has 0 aliphatic heterocycles. The molecule has 0 fully saturated rings. The minimum atomic E-state index is -0.255. The van der Waals surface area contributed by atoms with Gasteiger partial charge in [-0.3, -0.25) is 4.79 Å². The standard InChI is InChI=1S/C14H13BrN2O2/c1-8-6-9(2-5-13(8)18)14(19)17-12-7-10(16)3-4-11(12)15/h2-7,18H,16H2,1H3,(H,17,19). The molecule has 0 radical (unpaired) electrons. The Balaban J connectivity index is 2.25. The summed E-state index contributed by atoms with van der Waals surface area (Å²) in [4.78, 5) is 12.1. The molecule has 0 saturated carbocycles. The first-order valence-electron chi connectivity index (χ1n) is 5.63. The number of amides is 1. The number of carbonyl (C=O) groups excluding carboxylic acids is 1. The summed E-state index contributed by atoms with van der Waals surface area (Å²) in [6.45, 7) is 1.74. The van der Waals surface area contributed by atoms with Crippen molar-refractivity contribution in [2.24, 2.45) is 0 Å². The van der Waals surface area contributed by atoms with Crippen molar-refractivity contribution < 1.29 is 9.90 Å². The molecule has 0 unspecified atom stereocenters. The molecule has 0 aliphatic carbocycles. The summed E-state index contributed by atoms with van der Waals surface area (Å²) >= 11 is 3.35. The van der Waals surface area contributed by atoms with Crippen molar-refractivity contribution in [3.8, 4) is 5.75 Å². The van der Waals surface area contributed by atoms with E-state index in [1.807, 2.05) is 0 Å². The van der Waals surface area contributed by atoms with Gasteiger partial charge in [-0.15, -0.1) is 0 Å². The molecule has 0 atom stereocenters. The number of benzene rings is 2. The smallest absolute Gasteiger partial charge is 0.255 e. The van der Waals surface area contributed by atoms with E-state index in [-0.39, 0.29) is 11.7 Å². The fourth-order valence-electron chi connectivity index (χ4n) is 1.63. The van der Waals surface area contributed by atoms with Gasteiger partial charge in [0.1, 0.15) is 5.75 Å². The minimum Gasteiger partial charge on any atom is -0.508 e. The summed E-state index contributed by atoms with van der Waals surface area (Å²) in [6, 6.07) is 9.88. The Bertz CT molecular complexity index is 641. The average molecular weight is 321 g/mol. The summed E-state index contributed by atoms with van der Waals surface area (Å²) in [6.07, 6.45) is 0. The third-order valence-corrected chi connectivity index (χ3v) is 3.39. The number of phenolic OH excluding ortho intramolecular Hbond substituents is 1. The highest BCUT2D eigenvalue weighted by Crippen LogP contribution is 2.25. The summed E-state index contributed by atoms with van der Waals surface area (Å²) < 4.78 is 0.755. The van der Waals surface area contributed by atoms with Crippen molar-refractivity contribution in [3.05, 3.63) is 52.0 Å². The zero-order valence-corrected chi connectivity index (χ0v) is 11.9. The van der Waals surface area contributed by atoms with Crippen LogP contribution in [-0.4, -0.2) is 11.0 Å². The Morgan fingerprint density at radius 2 is 2.00 bits per heavy atom. The van der Waals surface area contributed by atoms with E-state index in [0.717, 1.165) is 4.47 Å². The Labute approximate surface area is 119 Å². The number of aryl methyl sites for hydroxylation is 1. The van der Waals surface area contributed by atoms with E-state index >= 15 is 0 Å². The first kappa shape index (κ1) is 13.4. The van der Waals surface area contributed by atoms with Gasteiger partial charge in [-0.1, -0.05) is 0 Å². The number of hydrogen-bond donors (Lipinski definition) is 3. The lowest BCUT2D eigenvalue weighted by Gasteiger charge is -2.09. The third-order valence-electron chi connectivity index (χ3n) is 2.70. The number of nitrogen functional groups attached to an aromatic ring is 1. The molecule has 2 aromatic carbocycles. The molecule has 1 amide bonds. The molecule has 2 aromatic rings. The quantitative estimate of drug-likeness (QED) is 0.743. The lowest BCUT2D eigenvalue weighted by molar-refractivity contribution is 0.102. The lowest BCUT2D eigenvalue weighted by Crippen LogP contribution is -2.12. The van der Waals surface area contributed by atoms with Crippen molar-refractivity contribution in [2.45, 2.75) is 6.92 Å². The predicted molar refractivity (Wildman–Crippen MR) is 79.4 cm³/mol. The first-order valence-corrected chi connectivity index (χ1v) is 6.42. The monoisotopic (exact) mass is 320 g/mol. The van der Waals surface area contributed by atoms with Gasteiger partial charge in [0.2, 0.25) is 0 Å². The van der Waals surface area contributed by atoms with Crippen LogP contribution in [0.2, 0.25) is 0 Å². The minimum absolute atomic E-state index is 0.168. The van der Waals surface area contributed by atoms with E-state index in [4.69, 9.17) is 5.73 Å². The van der Waals surface area contributed by atoms with Crippen LogP contribution in [0.3, 0.4) is 0 Å². The maximum atomic E-state index is 12.1. The third kappa shape index (κ3) is 3.06. The zero-order chi connectivity index (χ0) is 14.0. The molecule has 2 rings (SSSR count). The van der Waals surface area contributed by atoms with E-state index in [1.54, 1.807) is 37.3 Å². The number of carbonyl (C=O) groups is 1. The lowest BCUT2D eigenvalue weighted by atomic mass is 10.1. The first-order chi connectivity index (χ1) is 8.97. The van der Waals surface area contributed by atoms with E-state index in [9.17, 15) is 9.90 Å². The topological polar surface area (TPSA) is 75.4 Å². The molecule has 4 N–H and O–H groups in total. The molecule has 19 heavy (non-hydrogen) atoms. The van der Waals surface area contributed by atoms with Crippen LogP contribution in [0.15, 0.2) is 40.9 Å². The van der Waals surface area contributed by atoms with Crippen molar-refractivity contribution in [1.29, 1.82) is 0 Å². The molecular formula is C14H13BrN2O2. The molecule has 0 bridgehead atoms. The van der Waals surface area contributed by atoms with Crippen LogP contribution < -0.4 is 11.1 Å². The van der Waals surface area contributed by atoms with Crippen molar-refractivity contribution in [1.82, 2.24) is 0 Å². The summed E-state index contributed by atoms with van der Waals surface area (Å²) in [5.41, 5.74) is 7.99. The molecule has 4 nitrogen and oxygen atoms in total. The Hall–Kier alpha value is -2.01. The van der Waals surface area contributed by atoms with Crippen LogP contribution in [0.1, 0.15) is 15.9 Å². The predicted octanol–water partition coefficient (Wildman–Crippen LogP) is 3.30. The van der Waals surface area contributed by atoms with Gasteiger partial charge in [0.25, 0.3) is 5.91 Å². The summed E-state index contributed by atoms with van der Waals surface area (Å²) in [7, 11) is 0. The highest BCUT2D eigenvalue weighted by molar-refractivity contribution is 9.10. The van der Waals surface area contributed by atoms with Crippen LogP contribution in [0, 0.1) is 6.92 Å². The Morgan fingerprint density at radius 1 is 1.26 bits per heavy atom. The number of phenols is 1. The van der Waals surface area contributed by atoms with Crippen molar-refractivity contribution in [3.63, 3.8) is 0 Å². The van der Waals surface area contributed by atoms with Gasteiger partial charge in [0.15, 0.2) is 0 Å². The summed E-state index contributed by atoms with van der Waals surface area (Å²) in [5.74, 6) is -0.0870. The van der Waals surface area contributed by atoms with Gasteiger partial charge < -0.3 is 16.2 Å². The van der Waals surface area contributed by atoms with E-state index in [0.29, 0.717) is 22.5 Å². The van der Waals surface area contributed by atoms with E-state index in [1.165, 1.54) is 6.07 Å². The molecule has 0 spiro atoms. The number of anilines is 2. The Kier molecular flexibility index (Phi) is 3.76. The van der Waals surface area contributed by atoms with E-state index < -0.39 is 0 Å². The number of aromatic hydroxyl groups is 1. The van der Waals surface area contributed by atoms with Gasteiger partial charge >= 0.3 is 0 Å². The molecule has 98 valence electrons. The Morgan fingerprint density at radius 3 is 2.68 bits per heavy atom. The average Bonchev–Trinajstić information content (AvgIpc) is 2.37. The number of rotatable bonds is 2. The van der Waals surface area contributed by atoms with Gasteiger partial charge in [-0.2, -0.15) is 0 Å². The SMILES string of the molecule is Cc1cc(C(=O)Nc2cc(N)ccc2Br)ccc1O. The van der Waals surface area contributed by atoms with Gasteiger partial charge in [0, 0.05) is 15.7 Å². The van der Waals surface area contributed by atoms with Gasteiger partial charge in [-0.05, 0) is 64.8 Å². The fourth-order valence-corrected chi connectivity index (χ4v) is 1.98. The number of hydrogen-bond acceptors (Lipinski definition) is 3. The molecule has 0 aromatic heterocycles. The second-order valence-corrected chi connectivity index (χ2v) is 5.05. The number of halogens is 1. The van der Waals surface area contributed by atoms with Crippen LogP contribution in [0.5, 0.6) is 5.75 Å². The molecular weight excluding hydrogens is 308 g/mol. The normalized spacial score (nSPS) is 10.2. The second kappa shape index (κ2) is 5.32. The maximum absolute atomic E-state index is 12.1. The molecule has 5 heteroatoms. The second-order valence-electron chi connectivity index (χ2n) is 4.19. The number of nitrogens with one attached hydrogen (secondary N) is 1. The highest BCUT2D eigenvalue weighted by Gasteiger charge is 2.10. The van der Waals surface area contributed by atoms with Crippen LogP contribution in [-0.2, 0) is 0 Å². The highest BCUT2D eigenvalue weighted by atomic mass is 79.9. The summed E-state index contributed by atoms with van der Waals surface area (Å²) in [5, 5.41) is 12.2. The van der Waals surface area contributed by atoms with Gasteiger partial charge in [0.05, 0.1) is 5.69 Å². The molecule has 0 aliphatic rings. The van der Waals surface area contributed by atoms with Crippen LogP contribution >= 0.6 is 15.9 Å².